The van der Waals surface area contributed by atoms with E-state index in [1.807, 2.05) is 0 Å². The number of rotatable bonds is 5. The molecule has 0 saturated heterocycles. The highest BCUT2D eigenvalue weighted by atomic mass is 16.5. The fourth-order valence-corrected chi connectivity index (χ4v) is 2.40. The second kappa shape index (κ2) is 6.92. The van der Waals surface area contributed by atoms with E-state index in [4.69, 9.17) is 9.84 Å². The van der Waals surface area contributed by atoms with E-state index in [0.717, 1.165) is 24.8 Å². The number of carboxylic acids is 1. The summed E-state index contributed by atoms with van der Waals surface area (Å²) < 4.78 is 5.15. The second-order valence-corrected chi connectivity index (χ2v) is 5.05. The lowest BCUT2D eigenvalue weighted by molar-refractivity contribution is -0.115. The number of nitrogens with one attached hydrogen (secondary N) is 1. The molecule has 0 bridgehead atoms. The molecule has 1 aliphatic carbocycles. The number of methoxy groups -OCH3 is 1. The van der Waals surface area contributed by atoms with Gasteiger partial charge in [0.15, 0.2) is 0 Å². The van der Waals surface area contributed by atoms with Gasteiger partial charge in [-0.2, -0.15) is 0 Å². The molecule has 0 radical (unpaired) electrons. The van der Waals surface area contributed by atoms with Crippen LogP contribution < -0.4 is 10.1 Å². The summed E-state index contributed by atoms with van der Waals surface area (Å²) >= 11 is 0. The largest absolute Gasteiger partial charge is 0.495 e. The Hall–Kier alpha value is -2.30. The van der Waals surface area contributed by atoms with Gasteiger partial charge in [0.1, 0.15) is 5.75 Å². The minimum atomic E-state index is -1.04. The van der Waals surface area contributed by atoms with Crippen LogP contribution in [-0.4, -0.2) is 24.1 Å². The Kier molecular flexibility index (Phi) is 4.98. The van der Waals surface area contributed by atoms with Gasteiger partial charge in [0, 0.05) is 6.42 Å². The van der Waals surface area contributed by atoms with Crippen molar-refractivity contribution in [3.8, 4) is 5.75 Å². The summed E-state index contributed by atoms with van der Waals surface area (Å²) in [5, 5.41) is 11.7. The first-order valence-electron chi connectivity index (χ1n) is 6.99. The first-order chi connectivity index (χ1) is 10.1. The highest BCUT2D eigenvalue weighted by molar-refractivity contribution is 5.96. The number of hydrogen-bond acceptors (Lipinski definition) is 3. The monoisotopic (exact) mass is 289 g/mol. The van der Waals surface area contributed by atoms with E-state index < -0.39 is 5.97 Å². The molecule has 112 valence electrons. The third-order valence-electron chi connectivity index (χ3n) is 3.49. The molecular formula is C16H19NO4. The van der Waals surface area contributed by atoms with Crippen molar-refractivity contribution in [2.24, 2.45) is 0 Å². The van der Waals surface area contributed by atoms with Gasteiger partial charge in [-0.15, -0.1) is 0 Å². The fourth-order valence-electron chi connectivity index (χ4n) is 2.40. The summed E-state index contributed by atoms with van der Waals surface area (Å²) in [6.45, 7) is 0. The summed E-state index contributed by atoms with van der Waals surface area (Å²) in [7, 11) is 1.48. The normalized spacial score (nSPS) is 14.2. The van der Waals surface area contributed by atoms with Gasteiger partial charge in [-0.05, 0) is 43.9 Å². The lowest BCUT2D eigenvalue weighted by Gasteiger charge is -2.14. The van der Waals surface area contributed by atoms with Crippen molar-refractivity contribution in [3.63, 3.8) is 0 Å². The molecule has 0 fully saturated rings. The van der Waals surface area contributed by atoms with Gasteiger partial charge in [-0.3, -0.25) is 4.79 Å². The van der Waals surface area contributed by atoms with Crippen LogP contribution in [0.1, 0.15) is 42.5 Å². The molecule has 2 N–H and O–H groups in total. The maximum atomic E-state index is 12.1. The lowest BCUT2D eigenvalue weighted by Crippen LogP contribution is -2.14. The predicted octanol–water partition coefficient (Wildman–Crippen LogP) is 3.22. The van der Waals surface area contributed by atoms with Gasteiger partial charge in [-0.1, -0.05) is 11.6 Å². The number of carboxylic acid groups (broad SMARTS) is 1. The van der Waals surface area contributed by atoms with Crippen LogP contribution in [0.5, 0.6) is 5.75 Å². The Bertz CT molecular complexity index is 578. The Morgan fingerprint density at radius 3 is 2.76 bits per heavy atom. The number of carbonyl (C=O) groups excluding carboxylic acids is 1. The highest BCUT2D eigenvalue weighted by Gasteiger charge is 2.13. The zero-order chi connectivity index (χ0) is 15.2. The van der Waals surface area contributed by atoms with Gasteiger partial charge in [0.05, 0.1) is 18.4 Å². The van der Waals surface area contributed by atoms with Crippen LogP contribution in [-0.2, 0) is 4.79 Å². The summed E-state index contributed by atoms with van der Waals surface area (Å²) in [6.07, 6.45) is 6.76. The molecular weight excluding hydrogens is 270 g/mol. The van der Waals surface area contributed by atoms with Crippen LogP contribution in [0.25, 0.3) is 0 Å². The molecule has 1 aliphatic rings. The van der Waals surface area contributed by atoms with E-state index in [9.17, 15) is 9.59 Å². The third kappa shape index (κ3) is 4.08. The molecule has 0 heterocycles. The molecule has 0 atom stereocenters. The smallest absolute Gasteiger partial charge is 0.335 e. The average molecular weight is 289 g/mol. The van der Waals surface area contributed by atoms with Gasteiger partial charge >= 0.3 is 5.97 Å². The van der Waals surface area contributed by atoms with Crippen molar-refractivity contribution in [2.45, 2.75) is 32.1 Å². The van der Waals surface area contributed by atoms with E-state index in [2.05, 4.69) is 11.4 Å². The van der Waals surface area contributed by atoms with Crippen LogP contribution in [0, 0.1) is 0 Å². The summed E-state index contributed by atoms with van der Waals surface area (Å²) in [5.74, 6) is -0.738. The molecule has 5 nitrogen and oxygen atoms in total. The summed E-state index contributed by atoms with van der Waals surface area (Å²) in [6, 6.07) is 4.40. The molecule has 0 aromatic heterocycles. The molecule has 0 aliphatic heterocycles. The first kappa shape index (κ1) is 15.1. The zero-order valence-corrected chi connectivity index (χ0v) is 12.0. The van der Waals surface area contributed by atoms with Crippen molar-refractivity contribution in [2.75, 3.05) is 12.4 Å². The van der Waals surface area contributed by atoms with Crippen molar-refractivity contribution >= 4 is 17.6 Å². The lowest BCUT2D eigenvalue weighted by atomic mass is 9.97. The highest BCUT2D eigenvalue weighted by Crippen LogP contribution is 2.27. The third-order valence-corrected chi connectivity index (χ3v) is 3.49. The van der Waals surface area contributed by atoms with Crippen LogP contribution in [0.15, 0.2) is 29.8 Å². The van der Waals surface area contributed by atoms with Crippen molar-refractivity contribution in [3.05, 3.63) is 35.4 Å². The minimum Gasteiger partial charge on any atom is -0.495 e. The molecule has 1 aromatic rings. The Balaban J connectivity index is 2.10. The summed E-state index contributed by atoms with van der Waals surface area (Å²) in [5.41, 5.74) is 1.65. The molecule has 0 spiro atoms. The first-order valence-corrected chi connectivity index (χ1v) is 6.99. The van der Waals surface area contributed by atoms with Crippen LogP contribution >= 0.6 is 0 Å². The van der Waals surface area contributed by atoms with E-state index in [1.165, 1.54) is 25.7 Å². The van der Waals surface area contributed by atoms with Crippen molar-refractivity contribution in [1.29, 1.82) is 0 Å². The van der Waals surface area contributed by atoms with Crippen LogP contribution in [0.4, 0.5) is 5.69 Å². The topological polar surface area (TPSA) is 75.6 Å². The van der Waals surface area contributed by atoms with E-state index in [1.54, 1.807) is 6.07 Å². The molecule has 5 heteroatoms. The van der Waals surface area contributed by atoms with E-state index in [-0.39, 0.29) is 11.5 Å². The molecule has 0 unspecified atom stereocenters. The number of carbonyl (C=O) groups is 2. The van der Waals surface area contributed by atoms with Crippen molar-refractivity contribution in [1.82, 2.24) is 0 Å². The molecule has 21 heavy (non-hydrogen) atoms. The minimum absolute atomic E-state index is 0.114. The Morgan fingerprint density at radius 1 is 1.33 bits per heavy atom. The number of benzene rings is 1. The standard InChI is InChI=1S/C16H19NO4/c1-21-14-8-7-12(16(19)20)10-13(14)17-15(18)9-11-5-3-2-4-6-11/h5,7-8,10H,2-4,6,9H2,1H3,(H,17,18)(H,19,20). The SMILES string of the molecule is COc1ccc(C(=O)O)cc1NC(=O)CC1=CCCCC1. The van der Waals surface area contributed by atoms with Gasteiger partial charge in [-0.25, -0.2) is 4.79 Å². The predicted molar refractivity (Wildman–Crippen MR) is 79.8 cm³/mol. The Labute approximate surface area is 123 Å². The molecule has 0 saturated carbocycles. The average Bonchev–Trinajstić information content (AvgIpc) is 2.48. The number of allylic oxidation sites excluding steroid dienone is 1. The Morgan fingerprint density at radius 2 is 2.14 bits per heavy atom. The van der Waals surface area contributed by atoms with Crippen LogP contribution in [0.3, 0.4) is 0 Å². The van der Waals surface area contributed by atoms with E-state index >= 15 is 0 Å². The number of amides is 1. The van der Waals surface area contributed by atoms with Gasteiger partial charge < -0.3 is 15.2 Å². The van der Waals surface area contributed by atoms with E-state index in [0.29, 0.717) is 17.9 Å². The van der Waals surface area contributed by atoms with Crippen molar-refractivity contribution < 1.29 is 19.4 Å². The van der Waals surface area contributed by atoms with Crippen LogP contribution in [0.2, 0.25) is 0 Å². The summed E-state index contributed by atoms with van der Waals surface area (Å²) in [4.78, 5) is 23.1. The van der Waals surface area contributed by atoms with Gasteiger partial charge in [0.25, 0.3) is 0 Å². The second-order valence-electron chi connectivity index (χ2n) is 5.05. The van der Waals surface area contributed by atoms with Gasteiger partial charge in [0.2, 0.25) is 5.91 Å². The number of aromatic carboxylic acids is 1. The maximum absolute atomic E-state index is 12.1. The number of anilines is 1. The molecule has 2 rings (SSSR count). The zero-order valence-electron chi connectivity index (χ0n) is 12.0. The maximum Gasteiger partial charge on any atom is 0.335 e. The fraction of sp³-hybridized carbons (Fsp3) is 0.375. The molecule has 1 aromatic carbocycles. The quantitative estimate of drug-likeness (QED) is 0.816. The molecule has 1 amide bonds. The number of ether oxygens (including phenoxy) is 1. The number of hydrogen-bond donors (Lipinski definition) is 2.